The predicted octanol–water partition coefficient (Wildman–Crippen LogP) is 4.52. The van der Waals surface area contributed by atoms with Crippen LogP contribution < -0.4 is 0 Å². The van der Waals surface area contributed by atoms with E-state index in [0.29, 0.717) is 0 Å². The first-order valence-corrected chi connectivity index (χ1v) is 8.24. The standard InChI is InChI=1S/C18H15FOS/c1-12-9-14(17-8-5-15(19)11-18(12)17)10-13-3-6-16(7-4-13)21(2)20/h3-11H,1-2H3. The van der Waals surface area contributed by atoms with E-state index >= 15 is 0 Å². The predicted molar refractivity (Wildman–Crippen MR) is 86.7 cm³/mol. The molecule has 0 fully saturated rings. The van der Waals surface area contributed by atoms with Crippen molar-refractivity contribution in [2.24, 2.45) is 0 Å². The first-order valence-electron chi connectivity index (χ1n) is 6.68. The number of hydrogen-bond donors (Lipinski definition) is 0. The molecule has 0 aromatic heterocycles. The van der Waals surface area contributed by atoms with E-state index in [4.69, 9.17) is 0 Å². The van der Waals surface area contributed by atoms with Crippen LogP contribution >= 0.6 is 0 Å². The highest BCUT2D eigenvalue weighted by Crippen LogP contribution is 2.36. The van der Waals surface area contributed by atoms with Gasteiger partial charge in [0.1, 0.15) is 5.82 Å². The number of halogens is 1. The molecule has 3 rings (SSSR count). The SMILES string of the molecule is CC1=CC(=Cc2ccc(S(C)=O)cc2)c2ccc(F)cc21. The minimum atomic E-state index is -0.960. The van der Waals surface area contributed by atoms with Gasteiger partial charge < -0.3 is 0 Å². The van der Waals surface area contributed by atoms with Gasteiger partial charge in [-0.05, 0) is 65.1 Å². The van der Waals surface area contributed by atoms with Gasteiger partial charge in [0.25, 0.3) is 0 Å². The van der Waals surface area contributed by atoms with Crippen LogP contribution in [0.3, 0.4) is 0 Å². The molecule has 106 valence electrons. The molecule has 0 N–H and O–H groups in total. The van der Waals surface area contributed by atoms with Gasteiger partial charge in [-0.15, -0.1) is 0 Å². The van der Waals surface area contributed by atoms with Crippen LogP contribution in [-0.2, 0) is 10.8 Å². The second-order valence-corrected chi connectivity index (χ2v) is 6.52. The fraction of sp³-hybridized carbons (Fsp3) is 0.111. The van der Waals surface area contributed by atoms with Gasteiger partial charge in [-0.3, -0.25) is 4.21 Å². The molecule has 0 heterocycles. The molecule has 0 amide bonds. The minimum absolute atomic E-state index is 0.211. The fourth-order valence-electron chi connectivity index (χ4n) is 2.54. The Morgan fingerprint density at radius 3 is 2.43 bits per heavy atom. The lowest BCUT2D eigenvalue weighted by Gasteiger charge is -2.03. The molecule has 2 aromatic carbocycles. The van der Waals surface area contributed by atoms with Crippen molar-refractivity contribution in [1.82, 2.24) is 0 Å². The van der Waals surface area contributed by atoms with Crippen molar-refractivity contribution in [3.8, 4) is 0 Å². The van der Waals surface area contributed by atoms with E-state index < -0.39 is 10.8 Å². The summed E-state index contributed by atoms with van der Waals surface area (Å²) < 4.78 is 24.7. The highest BCUT2D eigenvalue weighted by molar-refractivity contribution is 7.84. The van der Waals surface area contributed by atoms with Gasteiger partial charge in [0.2, 0.25) is 0 Å². The fourth-order valence-corrected chi connectivity index (χ4v) is 3.06. The summed E-state index contributed by atoms with van der Waals surface area (Å²) in [4.78, 5) is 0.817. The maximum atomic E-state index is 13.3. The monoisotopic (exact) mass is 298 g/mol. The quantitative estimate of drug-likeness (QED) is 0.796. The van der Waals surface area contributed by atoms with E-state index in [-0.39, 0.29) is 5.82 Å². The summed E-state index contributed by atoms with van der Waals surface area (Å²) in [5.74, 6) is -0.211. The highest BCUT2D eigenvalue weighted by atomic mass is 32.2. The Hall–Kier alpha value is -2.00. The maximum absolute atomic E-state index is 13.3. The Bertz CT molecular complexity index is 785. The van der Waals surface area contributed by atoms with Crippen molar-refractivity contribution in [2.75, 3.05) is 6.26 Å². The first-order chi connectivity index (χ1) is 10.0. The largest absolute Gasteiger partial charge is 0.255 e. The van der Waals surface area contributed by atoms with Crippen LogP contribution in [0.5, 0.6) is 0 Å². The molecule has 1 aliphatic rings. The number of rotatable bonds is 2. The molecule has 0 aliphatic heterocycles. The van der Waals surface area contributed by atoms with Crippen LogP contribution in [0.25, 0.3) is 17.2 Å². The number of benzene rings is 2. The van der Waals surface area contributed by atoms with Gasteiger partial charge in [0.15, 0.2) is 0 Å². The smallest absolute Gasteiger partial charge is 0.123 e. The molecular formula is C18H15FOS. The van der Waals surface area contributed by atoms with Crippen LogP contribution in [-0.4, -0.2) is 10.5 Å². The molecule has 0 spiro atoms. The number of hydrogen-bond acceptors (Lipinski definition) is 1. The molecule has 0 radical (unpaired) electrons. The zero-order valence-corrected chi connectivity index (χ0v) is 12.7. The molecule has 0 saturated heterocycles. The lowest BCUT2D eigenvalue weighted by molar-refractivity contribution is 0.627. The highest BCUT2D eigenvalue weighted by Gasteiger charge is 2.15. The van der Waals surface area contributed by atoms with Crippen molar-refractivity contribution >= 4 is 28.0 Å². The summed E-state index contributed by atoms with van der Waals surface area (Å²) in [6, 6.07) is 12.5. The van der Waals surface area contributed by atoms with Crippen LogP contribution in [0.15, 0.2) is 53.4 Å². The normalized spacial score (nSPS) is 16.7. The molecular weight excluding hydrogens is 283 g/mol. The van der Waals surface area contributed by atoms with Crippen molar-refractivity contribution in [2.45, 2.75) is 11.8 Å². The zero-order valence-electron chi connectivity index (χ0n) is 11.9. The Labute approximate surface area is 126 Å². The van der Waals surface area contributed by atoms with Gasteiger partial charge in [-0.2, -0.15) is 0 Å². The summed E-state index contributed by atoms with van der Waals surface area (Å²) in [5, 5.41) is 0. The molecule has 0 bridgehead atoms. The molecule has 1 nitrogen and oxygen atoms in total. The van der Waals surface area contributed by atoms with E-state index in [1.165, 1.54) is 6.07 Å². The van der Waals surface area contributed by atoms with Crippen LogP contribution in [0.4, 0.5) is 4.39 Å². The Balaban J connectivity index is 2.00. The van der Waals surface area contributed by atoms with Crippen LogP contribution in [0, 0.1) is 5.82 Å². The van der Waals surface area contributed by atoms with E-state index in [1.54, 1.807) is 12.3 Å². The Morgan fingerprint density at radius 1 is 1.05 bits per heavy atom. The van der Waals surface area contributed by atoms with E-state index in [0.717, 1.165) is 32.7 Å². The summed E-state index contributed by atoms with van der Waals surface area (Å²) in [7, 11) is -0.960. The average Bonchev–Trinajstić information content (AvgIpc) is 2.75. The lowest BCUT2D eigenvalue weighted by atomic mass is 10.0. The summed E-state index contributed by atoms with van der Waals surface area (Å²) >= 11 is 0. The van der Waals surface area contributed by atoms with Crippen molar-refractivity contribution in [3.63, 3.8) is 0 Å². The molecule has 1 unspecified atom stereocenters. The van der Waals surface area contributed by atoms with Crippen LogP contribution in [0.2, 0.25) is 0 Å². The lowest BCUT2D eigenvalue weighted by Crippen LogP contribution is -1.87. The topological polar surface area (TPSA) is 17.1 Å². The van der Waals surface area contributed by atoms with Crippen molar-refractivity contribution in [1.29, 1.82) is 0 Å². The summed E-state index contributed by atoms with van der Waals surface area (Å²) in [6.45, 7) is 1.99. The van der Waals surface area contributed by atoms with Gasteiger partial charge >= 0.3 is 0 Å². The molecule has 2 aromatic rings. The molecule has 21 heavy (non-hydrogen) atoms. The third-order valence-corrected chi connectivity index (χ3v) is 4.56. The molecule has 1 atom stereocenters. The Morgan fingerprint density at radius 2 is 1.76 bits per heavy atom. The first kappa shape index (κ1) is 14.0. The Kier molecular flexibility index (Phi) is 3.60. The number of fused-ring (bicyclic) bond motifs is 1. The zero-order chi connectivity index (χ0) is 15.0. The second-order valence-electron chi connectivity index (χ2n) is 5.14. The van der Waals surface area contributed by atoms with E-state index in [2.05, 4.69) is 12.2 Å². The third-order valence-electron chi connectivity index (χ3n) is 3.62. The minimum Gasteiger partial charge on any atom is -0.255 e. The third kappa shape index (κ3) is 2.74. The summed E-state index contributed by atoms with van der Waals surface area (Å²) in [6.07, 6.45) is 5.80. The van der Waals surface area contributed by atoms with Gasteiger partial charge in [0.05, 0.1) is 0 Å². The van der Waals surface area contributed by atoms with E-state index in [1.807, 2.05) is 37.3 Å². The number of allylic oxidation sites excluding steroid dienone is 3. The van der Waals surface area contributed by atoms with Gasteiger partial charge in [-0.1, -0.05) is 24.3 Å². The molecule has 3 heteroatoms. The summed E-state index contributed by atoms with van der Waals surface area (Å²) in [5.41, 5.74) is 5.19. The van der Waals surface area contributed by atoms with E-state index in [9.17, 15) is 8.60 Å². The maximum Gasteiger partial charge on any atom is 0.123 e. The van der Waals surface area contributed by atoms with Crippen molar-refractivity contribution in [3.05, 3.63) is 71.0 Å². The average molecular weight is 298 g/mol. The van der Waals surface area contributed by atoms with Crippen molar-refractivity contribution < 1.29 is 8.60 Å². The second kappa shape index (κ2) is 5.41. The molecule has 1 aliphatic carbocycles. The van der Waals surface area contributed by atoms with Crippen LogP contribution in [0.1, 0.15) is 23.6 Å². The molecule has 0 saturated carbocycles. The van der Waals surface area contributed by atoms with Gasteiger partial charge in [-0.25, -0.2) is 4.39 Å². The van der Waals surface area contributed by atoms with Gasteiger partial charge in [0, 0.05) is 22.0 Å².